The molecule has 0 saturated heterocycles. The Morgan fingerprint density at radius 1 is 1.21 bits per heavy atom. The van der Waals surface area contributed by atoms with Gasteiger partial charge in [0.05, 0.1) is 5.56 Å². The minimum Gasteiger partial charge on any atom is -0.504 e. The third kappa shape index (κ3) is 3.83. The maximum atomic E-state index is 12.1. The van der Waals surface area contributed by atoms with Crippen LogP contribution < -0.4 is 5.32 Å². The molecule has 0 aliphatic carbocycles. The molecule has 7 heteroatoms. The number of benzene rings is 2. The Hall–Kier alpha value is -3.48. The lowest BCUT2D eigenvalue weighted by atomic mass is 10.1. The average Bonchev–Trinajstić information content (AvgIpc) is 2.55. The van der Waals surface area contributed by atoms with Crippen LogP contribution in [0.4, 0.5) is 5.69 Å². The second-order valence-electron chi connectivity index (χ2n) is 4.68. The molecule has 0 heterocycles. The number of nitrogens with zero attached hydrogens (tertiary/aromatic N) is 2. The van der Waals surface area contributed by atoms with Crippen molar-refractivity contribution in [3.05, 3.63) is 58.1 Å². The highest BCUT2D eigenvalue weighted by Gasteiger charge is 2.12. The molecular formula is C17H10ClN3O3. The molecule has 0 atom stereocenters. The molecule has 3 N–H and O–H groups in total. The molecule has 0 spiro atoms. The molecule has 2 aromatic rings. The number of carbonyl (C=O) groups excluding carboxylic acids is 1. The van der Waals surface area contributed by atoms with Crippen LogP contribution in [0.2, 0.25) is 5.02 Å². The molecule has 1 amide bonds. The number of aromatic hydroxyl groups is 2. The predicted molar refractivity (Wildman–Crippen MR) is 88.2 cm³/mol. The van der Waals surface area contributed by atoms with E-state index >= 15 is 0 Å². The summed E-state index contributed by atoms with van der Waals surface area (Å²) in [5, 5.41) is 40.1. The number of phenolic OH excluding ortho intramolecular Hbond substituents is 2. The van der Waals surface area contributed by atoms with Gasteiger partial charge in [-0.05, 0) is 42.0 Å². The first-order valence-corrected chi connectivity index (χ1v) is 6.97. The molecule has 0 unspecified atom stereocenters. The third-order valence-electron chi connectivity index (χ3n) is 2.99. The summed E-state index contributed by atoms with van der Waals surface area (Å²) >= 11 is 5.82. The van der Waals surface area contributed by atoms with Crippen molar-refractivity contribution in [1.29, 1.82) is 10.5 Å². The molecule has 2 aromatic carbocycles. The fourth-order valence-corrected chi connectivity index (χ4v) is 2.08. The van der Waals surface area contributed by atoms with Gasteiger partial charge in [-0.3, -0.25) is 4.79 Å². The summed E-state index contributed by atoms with van der Waals surface area (Å²) < 4.78 is 0. The molecule has 0 fully saturated rings. The SMILES string of the molecule is N#CC(=Cc1cc(O)c(O)c(C#N)c1)C(=O)Nc1cccc(Cl)c1. The molecule has 0 aliphatic rings. The van der Waals surface area contributed by atoms with E-state index in [0.717, 1.165) is 6.07 Å². The number of amides is 1. The van der Waals surface area contributed by atoms with Crippen molar-refractivity contribution < 1.29 is 15.0 Å². The van der Waals surface area contributed by atoms with E-state index in [2.05, 4.69) is 5.32 Å². The van der Waals surface area contributed by atoms with Gasteiger partial charge in [-0.1, -0.05) is 17.7 Å². The summed E-state index contributed by atoms with van der Waals surface area (Å²) in [6, 6.07) is 12.3. The van der Waals surface area contributed by atoms with Crippen molar-refractivity contribution in [2.45, 2.75) is 0 Å². The molecule has 0 aromatic heterocycles. The van der Waals surface area contributed by atoms with Gasteiger partial charge in [0, 0.05) is 10.7 Å². The fraction of sp³-hybridized carbons (Fsp3) is 0. The number of hydrogen-bond donors (Lipinski definition) is 3. The minimum atomic E-state index is -0.675. The largest absolute Gasteiger partial charge is 0.504 e. The zero-order chi connectivity index (χ0) is 17.7. The summed E-state index contributed by atoms with van der Waals surface area (Å²) in [4.78, 5) is 12.1. The van der Waals surface area contributed by atoms with E-state index in [9.17, 15) is 15.0 Å². The Morgan fingerprint density at radius 3 is 2.58 bits per heavy atom. The van der Waals surface area contributed by atoms with Crippen molar-refractivity contribution >= 4 is 29.3 Å². The van der Waals surface area contributed by atoms with Crippen LogP contribution in [-0.2, 0) is 4.79 Å². The number of halogens is 1. The molecule has 0 aliphatic heterocycles. The van der Waals surface area contributed by atoms with Gasteiger partial charge in [-0.15, -0.1) is 0 Å². The zero-order valence-electron chi connectivity index (χ0n) is 12.1. The van der Waals surface area contributed by atoms with E-state index in [1.54, 1.807) is 30.3 Å². The number of nitrogens with one attached hydrogen (secondary N) is 1. The second kappa shape index (κ2) is 7.19. The summed E-state index contributed by atoms with van der Waals surface area (Å²) in [7, 11) is 0. The Labute approximate surface area is 142 Å². The third-order valence-corrected chi connectivity index (χ3v) is 3.23. The lowest BCUT2D eigenvalue weighted by molar-refractivity contribution is -0.112. The highest BCUT2D eigenvalue weighted by Crippen LogP contribution is 2.30. The lowest BCUT2D eigenvalue weighted by Crippen LogP contribution is -2.13. The predicted octanol–water partition coefficient (Wildman–Crippen LogP) is 3.17. The fourth-order valence-electron chi connectivity index (χ4n) is 1.89. The minimum absolute atomic E-state index is 0.172. The quantitative estimate of drug-likeness (QED) is 0.451. The smallest absolute Gasteiger partial charge is 0.266 e. The molecule has 0 bridgehead atoms. The van der Waals surface area contributed by atoms with Crippen LogP contribution in [0.5, 0.6) is 11.5 Å². The monoisotopic (exact) mass is 339 g/mol. The molecule has 6 nitrogen and oxygen atoms in total. The van der Waals surface area contributed by atoms with E-state index < -0.39 is 17.4 Å². The number of rotatable bonds is 3. The van der Waals surface area contributed by atoms with Gasteiger partial charge in [0.2, 0.25) is 0 Å². The van der Waals surface area contributed by atoms with Gasteiger partial charge in [0.15, 0.2) is 11.5 Å². The van der Waals surface area contributed by atoms with Gasteiger partial charge in [-0.2, -0.15) is 10.5 Å². The first-order chi connectivity index (χ1) is 11.4. The Bertz CT molecular complexity index is 924. The van der Waals surface area contributed by atoms with Crippen LogP contribution >= 0.6 is 11.6 Å². The van der Waals surface area contributed by atoms with Crippen molar-refractivity contribution in [3.63, 3.8) is 0 Å². The molecule has 118 valence electrons. The molecule has 2 rings (SSSR count). The highest BCUT2D eigenvalue weighted by atomic mass is 35.5. The average molecular weight is 340 g/mol. The van der Waals surface area contributed by atoms with Gasteiger partial charge >= 0.3 is 0 Å². The first kappa shape index (κ1) is 16.9. The van der Waals surface area contributed by atoms with Crippen LogP contribution in [0.25, 0.3) is 6.08 Å². The van der Waals surface area contributed by atoms with E-state index in [1.807, 2.05) is 0 Å². The summed E-state index contributed by atoms with van der Waals surface area (Å²) in [6.07, 6.45) is 1.19. The van der Waals surface area contributed by atoms with Crippen molar-refractivity contribution in [3.8, 4) is 23.6 Å². The Balaban J connectivity index is 2.33. The number of hydrogen-bond acceptors (Lipinski definition) is 5. The lowest BCUT2D eigenvalue weighted by Gasteiger charge is -2.05. The van der Waals surface area contributed by atoms with Crippen LogP contribution in [-0.4, -0.2) is 16.1 Å². The molecule has 0 saturated carbocycles. The molecule has 24 heavy (non-hydrogen) atoms. The summed E-state index contributed by atoms with van der Waals surface area (Å²) in [5.74, 6) is -1.75. The maximum Gasteiger partial charge on any atom is 0.266 e. The van der Waals surface area contributed by atoms with E-state index in [-0.39, 0.29) is 16.7 Å². The Kier molecular flexibility index (Phi) is 5.06. The first-order valence-electron chi connectivity index (χ1n) is 6.59. The van der Waals surface area contributed by atoms with Crippen LogP contribution in [0.3, 0.4) is 0 Å². The van der Waals surface area contributed by atoms with E-state index in [1.165, 1.54) is 18.2 Å². The van der Waals surface area contributed by atoms with Crippen molar-refractivity contribution in [1.82, 2.24) is 0 Å². The van der Waals surface area contributed by atoms with Crippen molar-refractivity contribution in [2.75, 3.05) is 5.32 Å². The van der Waals surface area contributed by atoms with E-state index in [0.29, 0.717) is 10.7 Å². The van der Waals surface area contributed by atoms with Gasteiger partial charge in [0.25, 0.3) is 5.91 Å². The maximum absolute atomic E-state index is 12.1. The molecular weight excluding hydrogens is 330 g/mol. The standard InChI is InChI=1S/C17H10ClN3O3/c18-13-2-1-3-14(7-13)21-17(24)12(9-20)5-10-4-11(8-19)16(23)15(22)6-10/h1-7,22-23H,(H,21,24). The second-order valence-corrected chi connectivity index (χ2v) is 5.12. The van der Waals surface area contributed by atoms with Crippen molar-refractivity contribution in [2.24, 2.45) is 0 Å². The number of phenols is 2. The number of anilines is 1. The summed E-state index contributed by atoms with van der Waals surface area (Å²) in [5.41, 5.74) is 0.220. The van der Waals surface area contributed by atoms with Gasteiger partial charge in [-0.25, -0.2) is 0 Å². The normalized spacial score (nSPS) is 10.5. The number of nitriles is 2. The Morgan fingerprint density at radius 2 is 1.96 bits per heavy atom. The summed E-state index contributed by atoms with van der Waals surface area (Å²) in [6.45, 7) is 0. The van der Waals surface area contributed by atoms with Crippen LogP contribution in [0.15, 0.2) is 42.0 Å². The highest BCUT2D eigenvalue weighted by molar-refractivity contribution is 6.31. The van der Waals surface area contributed by atoms with Crippen LogP contribution in [0.1, 0.15) is 11.1 Å². The molecule has 0 radical (unpaired) electrons. The van der Waals surface area contributed by atoms with Gasteiger partial charge < -0.3 is 15.5 Å². The number of carbonyl (C=O) groups is 1. The van der Waals surface area contributed by atoms with E-state index in [4.69, 9.17) is 22.1 Å². The topological polar surface area (TPSA) is 117 Å². The zero-order valence-corrected chi connectivity index (χ0v) is 12.9. The van der Waals surface area contributed by atoms with Gasteiger partial charge in [0.1, 0.15) is 17.7 Å². The van der Waals surface area contributed by atoms with Crippen LogP contribution in [0, 0.1) is 22.7 Å².